The lowest BCUT2D eigenvalue weighted by Gasteiger charge is -2.14. The Bertz CT molecular complexity index is 741. The Balaban J connectivity index is 2.11. The van der Waals surface area contributed by atoms with Gasteiger partial charge in [-0.25, -0.2) is 13.1 Å². The van der Waals surface area contributed by atoms with Gasteiger partial charge >= 0.3 is 0 Å². The molecular formula is C16H18N2O3S. The third kappa shape index (κ3) is 3.72. The highest BCUT2D eigenvalue weighted by molar-refractivity contribution is 7.89. The molecule has 0 saturated heterocycles. The first-order valence-corrected chi connectivity index (χ1v) is 8.32. The van der Waals surface area contributed by atoms with Gasteiger partial charge in [0.25, 0.3) is 5.91 Å². The molecule has 2 rings (SSSR count). The van der Waals surface area contributed by atoms with Gasteiger partial charge in [0, 0.05) is 5.56 Å². The largest absolute Gasteiger partial charge is 0.346 e. The molecule has 5 nitrogen and oxygen atoms in total. The maximum absolute atomic E-state index is 12.2. The fourth-order valence-electron chi connectivity index (χ4n) is 2.01. The minimum absolute atomic E-state index is 0.127. The molecule has 0 aromatic heterocycles. The summed E-state index contributed by atoms with van der Waals surface area (Å²) in [5.74, 6) is -0.246. The van der Waals surface area contributed by atoms with E-state index in [0.717, 1.165) is 5.56 Å². The highest BCUT2D eigenvalue weighted by Crippen LogP contribution is 2.14. The van der Waals surface area contributed by atoms with Gasteiger partial charge in [0.2, 0.25) is 10.0 Å². The lowest BCUT2D eigenvalue weighted by atomic mass is 10.1. The van der Waals surface area contributed by atoms with Crippen molar-refractivity contribution in [1.82, 2.24) is 10.0 Å². The van der Waals surface area contributed by atoms with Gasteiger partial charge in [-0.1, -0.05) is 30.3 Å². The molecule has 2 aromatic carbocycles. The van der Waals surface area contributed by atoms with Crippen LogP contribution in [0.5, 0.6) is 0 Å². The van der Waals surface area contributed by atoms with Crippen LogP contribution in [0, 0.1) is 0 Å². The average Bonchev–Trinajstić information content (AvgIpc) is 2.55. The van der Waals surface area contributed by atoms with Crippen LogP contribution < -0.4 is 10.0 Å². The van der Waals surface area contributed by atoms with Gasteiger partial charge in [0.15, 0.2) is 0 Å². The van der Waals surface area contributed by atoms with Crippen molar-refractivity contribution in [2.75, 3.05) is 7.05 Å². The summed E-state index contributed by atoms with van der Waals surface area (Å²) in [5, 5.41) is 2.88. The molecule has 2 aromatic rings. The molecule has 116 valence electrons. The van der Waals surface area contributed by atoms with Crippen molar-refractivity contribution in [1.29, 1.82) is 0 Å². The minimum atomic E-state index is -3.49. The molecule has 1 unspecified atom stereocenters. The van der Waals surface area contributed by atoms with E-state index >= 15 is 0 Å². The Morgan fingerprint density at radius 2 is 1.59 bits per heavy atom. The second kappa shape index (κ2) is 6.72. The van der Waals surface area contributed by atoms with Crippen LogP contribution in [0.1, 0.15) is 28.9 Å². The smallest absolute Gasteiger partial charge is 0.251 e. The molecule has 1 atom stereocenters. The highest BCUT2D eigenvalue weighted by atomic mass is 32.2. The van der Waals surface area contributed by atoms with E-state index in [2.05, 4.69) is 10.0 Å². The zero-order valence-corrected chi connectivity index (χ0v) is 13.2. The zero-order valence-electron chi connectivity index (χ0n) is 12.4. The zero-order chi connectivity index (χ0) is 16.2. The number of nitrogens with one attached hydrogen (secondary N) is 2. The van der Waals surface area contributed by atoms with Crippen LogP contribution in [0.2, 0.25) is 0 Å². The number of amides is 1. The van der Waals surface area contributed by atoms with Crippen LogP contribution >= 0.6 is 0 Å². The predicted octanol–water partition coefficient (Wildman–Crippen LogP) is 2.09. The van der Waals surface area contributed by atoms with E-state index < -0.39 is 10.0 Å². The topological polar surface area (TPSA) is 75.3 Å². The third-order valence-electron chi connectivity index (χ3n) is 3.34. The summed E-state index contributed by atoms with van der Waals surface area (Å²) < 4.78 is 25.5. The summed E-state index contributed by atoms with van der Waals surface area (Å²) in [6.45, 7) is 1.90. The Morgan fingerprint density at radius 1 is 1.00 bits per heavy atom. The van der Waals surface area contributed by atoms with Crippen LogP contribution in [0.25, 0.3) is 0 Å². The third-order valence-corrected chi connectivity index (χ3v) is 4.77. The molecule has 0 heterocycles. The molecule has 0 aliphatic heterocycles. The Labute approximate surface area is 130 Å². The monoisotopic (exact) mass is 318 g/mol. The number of carbonyl (C=O) groups excluding carboxylic acids is 1. The quantitative estimate of drug-likeness (QED) is 0.886. The molecule has 1 amide bonds. The predicted molar refractivity (Wildman–Crippen MR) is 85.0 cm³/mol. The van der Waals surface area contributed by atoms with Crippen molar-refractivity contribution in [2.24, 2.45) is 0 Å². The fourth-order valence-corrected chi connectivity index (χ4v) is 2.74. The van der Waals surface area contributed by atoms with E-state index in [9.17, 15) is 13.2 Å². The molecule has 0 aliphatic carbocycles. The van der Waals surface area contributed by atoms with Crippen molar-refractivity contribution >= 4 is 15.9 Å². The van der Waals surface area contributed by atoms with E-state index in [1.165, 1.54) is 31.3 Å². The van der Waals surface area contributed by atoms with Crippen LogP contribution in [-0.4, -0.2) is 21.4 Å². The van der Waals surface area contributed by atoms with Crippen molar-refractivity contribution < 1.29 is 13.2 Å². The van der Waals surface area contributed by atoms with Crippen LogP contribution in [0.3, 0.4) is 0 Å². The summed E-state index contributed by atoms with van der Waals surface area (Å²) in [4.78, 5) is 12.3. The van der Waals surface area contributed by atoms with Gasteiger partial charge in [0.05, 0.1) is 10.9 Å². The molecule has 0 bridgehead atoms. The Hall–Kier alpha value is -2.18. The molecule has 22 heavy (non-hydrogen) atoms. The number of hydrogen-bond acceptors (Lipinski definition) is 3. The standard InChI is InChI=1S/C16H18N2O3S/c1-12(13-6-4-3-5-7-13)18-16(19)14-8-10-15(11-9-14)22(20,21)17-2/h3-12,17H,1-2H3,(H,18,19). The average molecular weight is 318 g/mol. The van der Waals surface area contributed by atoms with Gasteiger partial charge in [-0.3, -0.25) is 4.79 Å². The Morgan fingerprint density at radius 3 is 2.14 bits per heavy atom. The molecule has 0 spiro atoms. The van der Waals surface area contributed by atoms with E-state index in [1.807, 2.05) is 37.3 Å². The number of sulfonamides is 1. The minimum Gasteiger partial charge on any atom is -0.346 e. The molecule has 0 aliphatic rings. The van der Waals surface area contributed by atoms with Gasteiger partial charge < -0.3 is 5.32 Å². The van der Waals surface area contributed by atoms with Gasteiger partial charge in [-0.15, -0.1) is 0 Å². The maximum Gasteiger partial charge on any atom is 0.251 e. The summed E-state index contributed by atoms with van der Waals surface area (Å²) in [6.07, 6.45) is 0. The second-order valence-electron chi connectivity index (χ2n) is 4.84. The van der Waals surface area contributed by atoms with Crippen molar-refractivity contribution in [3.63, 3.8) is 0 Å². The van der Waals surface area contributed by atoms with E-state index in [1.54, 1.807) is 0 Å². The van der Waals surface area contributed by atoms with Gasteiger partial charge in [0.1, 0.15) is 0 Å². The lowest BCUT2D eigenvalue weighted by molar-refractivity contribution is 0.0940. The Kier molecular flexibility index (Phi) is 4.95. The molecule has 0 radical (unpaired) electrons. The van der Waals surface area contributed by atoms with Gasteiger partial charge in [-0.05, 0) is 43.8 Å². The number of rotatable bonds is 5. The first-order valence-electron chi connectivity index (χ1n) is 6.83. The van der Waals surface area contributed by atoms with Gasteiger partial charge in [-0.2, -0.15) is 0 Å². The molecule has 0 saturated carbocycles. The summed E-state index contributed by atoms with van der Waals surface area (Å²) >= 11 is 0. The highest BCUT2D eigenvalue weighted by Gasteiger charge is 2.14. The summed E-state index contributed by atoms with van der Waals surface area (Å²) in [7, 11) is -2.14. The SMILES string of the molecule is CNS(=O)(=O)c1ccc(C(=O)NC(C)c2ccccc2)cc1. The maximum atomic E-state index is 12.2. The number of hydrogen-bond donors (Lipinski definition) is 2. The molecular weight excluding hydrogens is 300 g/mol. The van der Waals surface area contributed by atoms with Crippen LogP contribution in [0.15, 0.2) is 59.5 Å². The van der Waals surface area contributed by atoms with E-state index in [-0.39, 0.29) is 16.8 Å². The number of benzene rings is 2. The van der Waals surface area contributed by atoms with Crippen LogP contribution in [0.4, 0.5) is 0 Å². The number of carbonyl (C=O) groups is 1. The summed E-state index contributed by atoms with van der Waals surface area (Å²) in [5.41, 5.74) is 1.42. The first-order chi connectivity index (χ1) is 10.4. The molecule has 6 heteroatoms. The summed E-state index contributed by atoms with van der Waals surface area (Å²) in [6, 6.07) is 15.3. The normalized spacial score (nSPS) is 12.6. The first kappa shape index (κ1) is 16.2. The fraction of sp³-hybridized carbons (Fsp3) is 0.188. The van der Waals surface area contributed by atoms with E-state index in [4.69, 9.17) is 0 Å². The van der Waals surface area contributed by atoms with Crippen molar-refractivity contribution in [2.45, 2.75) is 17.9 Å². The lowest BCUT2D eigenvalue weighted by Crippen LogP contribution is -2.26. The van der Waals surface area contributed by atoms with Crippen molar-refractivity contribution in [3.8, 4) is 0 Å². The van der Waals surface area contributed by atoms with Crippen LogP contribution in [-0.2, 0) is 10.0 Å². The molecule has 2 N–H and O–H groups in total. The van der Waals surface area contributed by atoms with Crippen molar-refractivity contribution in [3.05, 3.63) is 65.7 Å². The molecule has 0 fully saturated rings. The second-order valence-corrected chi connectivity index (χ2v) is 6.72. The van der Waals surface area contributed by atoms with E-state index in [0.29, 0.717) is 5.56 Å².